The number of alkyl halides is 3. The van der Waals surface area contributed by atoms with Crippen LogP contribution in [-0.4, -0.2) is 13.9 Å². The second-order valence-electron chi connectivity index (χ2n) is 4.76. The van der Waals surface area contributed by atoms with Gasteiger partial charge in [0.25, 0.3) is 0 Å². The van der Waals surface area contributed by atoms with Gasteiger partial charge in [-0.3, -0.25) is 0 Å². The number of hydrogen-bond acceptors (Lipinski definition) is 3. The van der Waals surface area contributed by atoms with Crippen molar-refractivity contribution in [1.82, 2.24) is 0 Å². The van der Waals surface area contributed by atoms with Crippen molar-refractivity contribution in [2.24, 2.45) is 0 Å². The zero-order valence-corrected chi connectivity index (χ0v) is 15.2. The number of benzene rings is 2. The molecular formula is C15H14F3IO3S. The first-order chi connectivity index (χ1) is 10.6. The van der Waals surface area contributed by atoms with Gasteiger partial charge in [0.15, 0.2) is 0 Å². The van der Waals surface area contributed by atoms with Gasteiger partial charge in [-0.2, -0.15) is 0 Å². The Morgan fingerprint density at radius 3 is 2.04 bits per heavy atom. The van der Waals surface area contributed by atoms with Crippen LogP contribution in [0.5, 0.6) is 0 Å². The molecule has 3 nitrogen and oxygen atoms in total. The number of hydrogen-bond donors (Lipinski definition) is 0. The Labute approximate surface area is 140 Å². The normalized spacial score (nSPS) is 13.0. The quantitative estimate of drug-likeness (QED) is 0.496. The van der Waals surface area contributed by atoms with Gasteiger partial charge in [-0.05, 0) is 0 Å². The van der Waals surface area contributed by atoms with Gasteiger partial charge in [0.2, 0.25) is 0 Å². The molecule has 0 aliphatic carbocycles. The maximum absolute atomic E-state index is 12.7. The van der Waals surface area contributed by atoms with E-state index in [0.717, 1.165) is 5.56 Å². The molecular weight excluding hydrogens is 444 g/mol. The minimum atomic E-state index is -5.65. The summed E-state index contributed by atoms with van der Waals surface area (Å²) in [5.74, 6) is 0. The molecule has 0 aliphatic heterocycles. The third kappa shape index (κ3) is 4.24. The Hall–Kier alpha value is -1.13. The van der Waals surface area contributed by atoms with Gasteiger partial charge in [-0.15, -0.1) is 0 Å². The molecule has 126 valence electrons. The van der Waals surface area contributed by atoms with Crippen LogP contribution in [0, 0.1) is 21.0 Å². The third-order valence-electron chi connectivity index (χ3n) is 2.90. The molecule has 0 unspecified atom stereocenters. The zero-order valence-electron chi connectivity index (χ0n) is 12.3. The van der Waals surface area contributed by atoms with Gasteiger partial charge in [-0.25, -0.2) is 0 Å². The van der Waals surface area contributed by atoms with Crippen molar-refractivity contribution >= 4 is 30.4 Å². The summed E-state index contributed by atoms with van der Waals surface area (Å²) in [6.45, 7) is 3.56. The van der Waals surface area contributed by atoms with Crippen molar-refractivity contribution in [2.75, 3.05) is 0 Å². The standard InChI is InChI=1S/C15H14F3IO3S/c1-11-7-9-13(10-8-11)19(14-6-4-3-5-12(14)2)22-23(20,21)15(16,17)18/h3-10H,1-2H3. The molecule has 0 N–H and O–H groups in total. The molecule has 0 atom stereocenters. The van der Waals surface area contributed by atoms with E-state index in [-0.39, 0.29) is 0 Å². The fourth-order valence-electron chi connectivity index (χ4n) is 1.70. The average Bonchev–Trinajstić information content (AvgIpc) is 2.45. The van der Waals surface area contributed by atoms with Gasteiger partial charge >= 0.3 is 141 Å². The predicted octanol–water partition coefficient (Wildman–Crippen LogP) is 4.63. The molecule has 0 bridgehead atoms. The van der Waals surface area contributed by atoms with E-state index in [9.17, 15) is 21.6 Å². The number of aryl methyl sites for hydroxylation is 2. The molecule has 2 aromatic carbocycles. The molecule has 0 amide bonds. The topological polar surface area (TPSA) is 43.4 Å². The predicted molar refractivity (Wildman–Crippen MR) is 89.8 cm³/mol. The van der Waals surface area contributed by atoms with Crippen LogP contribution in [0.25, 0.3) is 0 Å². The summed E-state index contributed by atoms with van der Waals surface area (Å²) in [5.41, 5.74) is -3.81. The molecule has 2 rings (SSSR count). The summed E-state index contributed by atoms with van der Waals surface area (Å²) < 4.78 is 66.8. The fraction of sp³-hybridized carbons (Fsp3) is 0.200. The SMILES string of the molecule is Cc1ccc(I(OS(=O)(=O)C(F)(F)F)c2ccccc2C)cc1. The maximum atomic E-state index is 12.7. The van der Waals surface area contributed by atoms with Crippen LogP contribution in [0.3, 0.4) is 0 Å². The van der Waals surface area contributed by atoms with Gasteiger partial charge in [-0.1, -0.05) is 0 Å². The van der Waals surface area contributed by atoms with Crippen LogP contribution in [0.4, 0.5) is 13.2 Å². The van der Waals surface area contributed by atoms with Crippen LogP contribution in [-0.2, 0) is 12.6 Å². The Kier molecular flexibility index (Phi) is 5.37. The van der Waals surface area contributed by atoms with Crippen molar-refractivity contribution in [3.8, 4) is 0 Å². The van der Waals surface area contributed by atoms with E-state index in [0.29, 0.717) is 12.7 Å². The summed E-state index contributed by atoms with van der Waals surface area (Å²) in [7, 11) is -5.65. The van der Waals surface area contributed by atoms with Gasteiger partial charge in [0, 0.05) is 0 Å². The molecule has 0 heterocycles. The first-order valence-corrected chi connectivity index (χ1v) is 10.9. The fourth-order valence-corrected chi connectivity index (χ4v) is 8.48. The molecule has 23 heavy (non-hydrogen) atoms. The molecule has 0 fully saturated rings. The van der Waals surface area contributed by atoms with Crippen molar-refractivity contribution in [3.05, 3.63) is 66.8 Å². The summed E-state index contributed by atoms with van der Waals surface area (Å²) in [5, 5.41) is 0. The van der Waals surface area contributed by atoms with Crippen LogP contribution in [0.1, 0.15) is 11.1 Å². The van der Waals surface area contributed by atoms with Crippen LogP contribution >= 0.6 is 20.2 Å². The van der Waals surface area contributed by atoms with E-state index in [4.69, 9.17) is 2.51 Å². The number of halogens is 4. The molecule has 2 aromatic rings. The summed E-state index contributed by atoms with van der Waals surface area (Å²) >= 11 is -3.26. The monoisotopic (exact) mass is 458 g/mol. The minimum absolute atomic E-state index is 0.488. The summed E-state index contributed by atoms with van der Waals surface area (Å²) in [6, 6.07) is 13.4. The van der Waals surface area contributed by atoms with Crippen molar-refractivity contribution in [3.63, 3.8) is 0 Å². The van der Waals surface area contributed by atoms with Crippen LogP contribution < -0.4 is 0 Å². The molecule has 0 saturated carbocycles. The van der Waals surface area contributed by atoms with Gasteiger partial charge < -0.3 is 0 Å². The zero-order chi connectivity index (χ0) is 17.3. The Bertz CT molecular complexity index is 786. The van der Waals surface area contributed by atoms with E-state index in [1.807, 2.05) is 6.92 Å². The molecule has 0 aliphatic rings. The Morgan fingerprint density at radius 2 is 1.52 bits per heavy atom. The second kappa shape index (κ2) is 6.78. The molecule has 0 saturated heterocycles. The second-order valence-corrected chi connectivity index (χ2v) is 11.2. The van der Waals surface area contributed by atoms with Gasteiger partial charge in [0.1, 0.15) is 0 Å². The summed E-state index contributed by atoms with van der Waals surface area (Å²) in [4.78, 5) is 0. The van der Waals surface area contributed by atoms with Crippen LogP contribution in [0.15, 0.2) is 48.5 Å². The van der Waals surface area contributed by atoms with E-state index < -0.39 is 35.9 Å². The molecule has 0 aromatic heterocycles. The number of rotatable bonds is 4. The van der Waals surface area contributed by atoms with Crippen molar-refractivity contribution in [2.45, 2.75) is 19.4 Å². The Morgan fingerprint density at radius 1 is 0.957 bits per heavy atom. The van der Waals surface area contributed by atoms with Crippen molar-refractivity contribution < 1.29 is 24.1 Å². The van der Waals surface area contributed by atoms with Gasteiger partial charge in [0.05, 0.1) is 0 Å². The molecule has 0 radical (unpaired) electrons. The molecule has 8 heteroatoms. The third-order valence-corrected chi connectivity index (χ3v) is 10.4. The Balaban J connectivity index is 2.53. The molecule has 0 spiro atoms. The summed E-state index contributed by atoms with van der Waals surface area (Å²) in [6.07, 6.45) is 0. The van der Waals surface area contributed by atoms with E-state index in [1.54, 1.807) is 55.5 Å². The first kappa shape index (κ1) is 18.2. The van der Waals surface area contributed by atoms with E-state index in [2.05, 4.69) is 0 Å². The van der Waals surface area contributed by atoms with E-state index in [1.165, 1.54) is 0 Å². The van der Waals surface area contributed by atoms with Crippen molar-refractivity contribution in [1.29, 1.82) is 0 Å². The van der Waals surface area contributed by atoms with Crippen LogP contribution in [0.2, 0.25) is 0 Å². The average molecular weight is 458 g/mol. The first-order valence-electron chi connectivity index (χ1n) is 6.45. The van der Waals surface area contributed by atoms with E-state index >= 15 is 0 Å².